The predicted molar refractivity (Wildman–Crippen MR) is 78.1 cm³/mol. The molecule has 0 unspecified atom stereocenters. The molecule has 0 radical (unpaired) electrons. The van der Waals surface area contributed by atoms with E-state index in [0.717, 1.165) is 18.0 Å². The van der Waals surface area contributed by atoms with Crippen molar-refractivity contribution in [3.8, 4) is 0 Å². The summed E-state index contributed by atoms with van der Waals surface area (Å²) in [5.74, 6) is -0.686. The molecule has 1 amide bonds. The molecule has 1 heterocycles. The van der Waals surface area contributed by atoms with E-state index in [0.29, 0.717) is 5.69 Å². The molecule has 8 heteroatoms. The van der Waals surface area contributed by atoms with Gasteiger partial charge in [-0.1, -0.05) is 12.1 Å². The maximum atomic E-state index is 11.5. The van der Waals surface area contributed by atoms with Crippen LogP contribution in [0, 0.1) is 6.92 Å². The van der Waals surface area contributed by atoms with Crippen molar-refractivity contribution in [1.29, 1.82) is 0 Å². The number of sulfone groups is 1. The number of aryl methyl sites for hydroxylation is 1. The molecule has 0 aliphatic rings. The first-order valence-electron chi connectivity index (χ1n) is 5.98. The lowest BCUT2D eigenvalue weighted by Gasteiger charge is -2.10. The third-order valence-corrected chi connectivity index (χ3v) is 3.50. The number of anilines is 2. The lowest BCUT2D eigenvalue weighted by Crippen LogP contribution is -2.17. The molecule has 2 rings (SSSR count). The lowest BCUT2D eigenvalue weighted by molar-refractivity contribution is 0.1000. The zero-order chi connectivity index (χ0) is 15.6. The molecule has 0 aliphatic carbocycles. The normalized spacial score (nSPS) is 11.1. The van der Waals surface area contributed by atoms with Gasteiger partial charge < -0.3 is 11.1 Å². The molecule has 0 saturated carbocycles. The molecule has 0 spiro atoms. The van der Waals surface area contributed by atoms with Gasteiger partial charge in [0.2, 0.25) is 15.0 Å². The van der Waals surface area contributed by atoms with E-state index in [1.54, 1.807) is 6.07 Å². The van der Waals surface area contributed by atoms with E-state index in [-0.39, 0.29) is 16.5 Å². The highest BCUT2D eigenvalue weighted by molar-refractivity contribution is 7.90. The fourth-order valence-electron chi connectivity index (χ4n) is 1.68. The summed E-state index contributed by atoms with van der Waals surface area (Å²) in [6.45, 7) is 1.90. The minimum atomic E-state index is -3.58. The Morgan fingerprint density at radius 1 is 1.33 bits per heavy atom. The zero-order valence-electron chi connectivity index (χ0n) is 11.5. The van der Waals surface area contributed by atoms with E-state index in [2.05, 4.69) is 15.3 Å². The lowest BCUT2D eigenvalue weighted by atomic mass is 10.2. The first kappa shape index (κ1) is 14.9. The summed E-state index contributed by atoms with van der Waals surface area (Å²) in [6.07, 6.45) is 2.09. The SMILES string of the molecule is Cc1cccc(Nc2nc(S(C)(=O)=O)ncc2C(N)=O)c1. The van der Waals surface area contributed by atoms with Crippen LogP contribution < -0.4 is 11.1 Å². The number of carbonyl (C=O) groups excluding carboxylic acids is 1. The van der Waals surface area contributed by atoms with Gasteiger partial charge >= 0.3 is 0 Å². The van der Waals surface area contributed by atoms with Crippen LogP contribution in [-0.2, 0) is 9.84 Å². The number of nitrogens with zero attached hydrogens (tertiary/aromatic N) is 2. The Bertz CT molecular complexity index is 803. The van der Waals surface area contributed by atoms with Gasteiger partial charge in [0.25, 0.3) is 5.91 Å². The van der Waals surface area contributed by atoms with Gasteiger partial charge in [0, 0.05) is 18.1 Å². The molecular weight excluding hydrogens is 292 g/mol. The number of hydrogen-bond acceptors (Lipinski definition) is 6. The van der Waals surface area contributed by atoms with Crippen molar-refractivity contribution in [3.05, 3.63) is 41.6 Å². The van der Waals surface area contributed by atoms with Crippen LogP contribution in [0.4, 0.5) is 11.5 Å². The average molecular weight is 306 g/mol. The molecule has 1 aromatic carbocycles. The number of hydrogen-bond donors (Lipinski definition) is 2. The van der Waals surface area contributed by atoms with Gasteiger partial charge in [0.1, 0.15) is 11.4 Å². The monoisotopic (exact) mass is 306 g/mol. The standard InChI is InChI=1S/C13H14N4O3S/c1-8-4-3-5-9(6-8)16-12-10(11(14)18)7-15-13(17-12)21(2,19)20/h3-7H,1-2H3,(H2,14,18)(H,15,16,17). The highest BCUT2D eigenvalue weighted by Crippen LogP contribution is 2.20. The fraction of sp³-hybridized carbons (Fsp3) is 0.154. The van der Waals surface area contributed by atoms with Crippen molar-refractivity contribution in [2.24, 2.45) is 5.73 Å². The molecule has 0 aliphatic heterocycles. The number of rotatable bonds is 4. The summed E-state index contributed by atoms with van der Waals surface area (Å²) < 4.78 is 23.0. The largest absolute Gasteiger partial charge is 0.365 e. The molecule has 3 N–H and O–H groups in total. The van der Waals surface area contributed by atoms with Crippen LogP contribution in [0.2, 0.25) is 0 Å². The smallest absolute Gasteiger partial charge is 0.254 e. The highest BCUT2D eigenvalue weighted by atomic mass is 32.2. The average Bonchev–Trinajstić information content (AvgIpc) is 2.37. The van der Waals surface area contributed by atoms with Crippen LogP contribution in [0.3, 0.4) is 0 Å². The van der Waals surface area contributed by atoms with E-state index in [9.17, 15) is 13.2 Å². The summed E-state index contributed by atoms with van der Waals surface area (Å²) in [5, 5.41) is 2.52. The second kappa shape index (κ2) is 5.49. The number of amides is 1. The van der Waals surface area contributed by atoms with Gasteiger partial charge in [0.05, 0.1) is 0 Å². The van der Waals surface area contributed by atoms with Gasteiger partial charge in [0.15, 0.2) is 0 Å². The number of benzene rings is 1. The molecule has 21 heavy (non-hydrogen) atoms. The molecule has 0 fully saturated rings. The van der Waals surface area contributed by atoms with Crippen LogP contribution in [0.5, 0.6) is 0 Å². The van der Waals surface area contributed by atoms with Crippen molar-refractivity contribution < 1.29 is 13.2 Å². The minimum absolute atomic E-state index is 0.0175. The van der Waals surface area contributed by atoms with Gasteiger partial charge in [-0.15, -0.1) is 0 Å². The fourth-order valence-corrected chi connectivity index (χ4v) is 2.18. The topological polar surface area (TPSA) is 115 Å². The molecular formula is C13H14N4O3S. The highest BCUT2D eigenvalue weighted by Gasteiger charge is 2.17. The first-order valence-corrected chi connectivity index (χ1v) is 7.87. The predicted octanol–water partition coefficient (Wildman–Crippen LogP) is 1.03. The van der Waals surface area contributed by atoms with Gasteiger partial charge in [-0.05, 0) is 24.6 Å². The summed E-state index contributed by atoms with van der Waals surface area (Å²) >= 11 is 0. The van der Waals surface area contributed by atoms with Crippen LogP contribution in [0.25, 0.3) is 0 Å². The van der Waals surface area contributed by atoms with Crippen molar-refractivity contribution in [1.82, 2.24) is 9.97 Å². The Balaban J connectivity index is 2.51. The number of primary amides is 1. The Hall–Kier alpha value is -2.48. The van der Waals surface area contributed by atoms with Gasteiger partial charge in [-0.3, -0.25) is 4.79 Å². The van der Waals surface area contributed by atoms with E-state index in [1.165, 1.54) is 0 Å². The summed E-state index contributed by atoms with van der Waals surface area (Å²) in [6, 6.07) is 7.31. The van der Waals surface area contributed by atoms with E-state index < -0.39 is 15.7 Å². The second-order valence-electron chi connectivity index (χ2n) is 4.55. The minimum Gasteiger partial charge on any atom is -0.365 e. The third kappa shape index (κ3) is 3.54. The van der Waals surface area contributed by atoms with Gasteiger partial charge in [-0.25, -0.2) is 13.4 Å². The van der Waals surface area contributed by atoms with Crippen molar-refractivity contribution in [3.63, 3.8) is 0 Å². The maximum Gasteiger partial charge on any atom is 0.254 e. The summed E-state index contributed by atoms with van der Waals surface area (Å²) in [7, 11) is -3.58. The quantitative estimate of drug-likeness (QED) is 0.815. The number of carbonyl (C=O) groups is 1. The number of aromatic nitrogens is 2. The number of nitrogens with two attached hydrogens (primary N) is 1. The van der Waals surface area contributed by atoms with Crippen molar-refractivity contribution in [2.45, 2.75) is 12.1 Å². The van der Waals surface area contributed by atoms with Crippen LogP contribution in [0.1, 0.15) is 15.9 Å². The van der Waals surface area contributed by atoms with Gasteiger partial charge in [-0.2, -0.15) is 4.98 Å². The first-order chi connectivity index (χ1) is 9.77. The van der Waals surface area contributed by atoms with Crippen LogP contribution in [0.15, 0.2) is 35.6 Å². The molecule has 7 nitrogen and oxygen atoms in total. The van der Waals surface area contributed by atoms with E-state index in [4.69, 9.17) is 5.73 Å². The summed E-state index contributed by atoms with van der Waals surface area (Å²) in [5.41, 5.74) is 6.93. The Morgan fingerprint density at radius 3 is 2.62 bits per heavy atom. The molecule has 2 aromatic rings. The molecule has 0 atom stereocenters. The molecule has 0 bridgehead atoms. The Labute approximate surface area is 122 Å². The Kier molecular flexibility index (Phi) is 3.90. The summed E-state index contributed by atoms with van der Waals surface area (Å²) in [4.78, 5) is 18.9. The number of nitrogens with one attached hydrogen (secondary N) is 1. The van der Waals surface area contributed by atoms with Crippen LogP contribution >= 0.6 is 0 Å². The maximum absolute atomic E-state index is 11.5. The van der Waals surface area contributed by atoms with E-state index in [1.807, 2.05) is 25.1 Å². The van der Waals surface area contributed by atoms with E-state index >= 15 is 0 Å². The second-order valence-corrected chi connectivity index (χ2v) is 6.46. The van der Waals surface area contributed by atoms with Crippen LogP contribution in [-0.4, -0.2) is 30.5 Å². The zero-order valence-corrected chi connectivity index (χ0v) is 12.3. The molecule has 110 valence electrons. The molecule has 0 saturated heterocycles. The Morgan fingerprint density at radius 2 is 2.05 bits per heavy atom. The third-order valence-electron chi connectivity index (χ3n) is 2.64. The molecule has 1 aromatic heterocycles. The van der Waals surface area contributed by atoms with Crippen molar-refractivity contribution >= 4 is 27.2 Å². The van der Waals surface area contributed by atoms with Crippen molar-refractivity contribution in [2.75, 3.05) is 11.6 Å².